The lowest BCUT2D eigenvalue weighted by Crippen LogP contribution is -2.61. The van der Waals surface area contributed by atoms with E-state index in [4.69, 9.17) is 18.9 Å². The van der Waals surface area contributed by atoms with Crippen LogP contribution in [0, 0.1) is 17.1 Å². The Kier molecular flexibility index (Phi) is 10.4. The Bertz CT molecular complexity index is 2080. The van der Waals surface area contributed by atoms with Gasteiger partial charge in [-0.05, 0) is 50.1 Å². The molecule has 1 aromatic heterocycles. The summed E-state index contributed by atoms with van der Waals surface area (Å²) in [6.07, 6.45) is 3.48. The molecule has 3 amide bonds. The number of likely N-dealkylation sites (tertiary alicyclic amines) is 1. The Labute approximate surface area is 313 Å². The lowest BCUT2D eigenvalue weighted by molar-refractivity contribution is -0.121. The number of carbonyl (C=O) groups excluding carboxylic acids is 2. The monoisotopic (exact) mass is 763 g/mol. The van der Waals surface area contributed by atoms with Gasteiger partial charge < -0.3 is 29.2 Å². The van der Waals surface area contributed by atoms with Crippen LogP contribution in [-0.2, 0) is 25.1 Å². The topological polar surface area (TPSA) is 167 Å². The average molecular weight is 764 g/mol. The maximum absolute atomic E-state index is 15.2. The third kappa shape index (κ3) is 6.36. The number of fused-ring (bicyclic) bond motifs is 1. The van der Waals surface area contributed by atoms with E-state index in [2.05, 4.69) is 20.1 Å². The van der Waals surface area contributed by atoms with Gasteiger partial charge in [0.2, 0.25) is 5.88 Å². The zero-order valence-electron chi connectivity index (χ0n) is 30.3. The molecule has 54 heavy (non-hydrogen) atoms. The van der Waals surface area contributed by atoms with Gasteiger partial charge in [0, 0.05) is 69.2 Å². The summed E-state index contributed by atoms with van der Waals surface area (Å²) < 4.78 is 66.5. The van der Waals surface area contributed by atoms with Gasteiger partial charge in [-0.1, -0.05) is 0 Å². The summed E-state index contributed by atoms with van der Waals surface area (Å²) in [6, 6.07) is 11.2. The number of halogens is 1. The molecule has 3 fully saturated rings. The molecule has 0 spiro atoms. The molecule has 3 aromatic rings. The van der Waals surface area contributed by atoms with E-state index < -0.39 is 38.2 Å². The molecular formula is C37H42FN7O8S. The Morgan fingerprint density at radius 3 is 2.33 bits per heavy atom. The molecule has 17 heteroatoms. The molecule has 5 heterocycles. The van der Waals surface area contributed by atoms with Crippen LogP contribution in [0.4, 0.5) is 14.9 Å². The summed E-state index contributed by atoms with van der Waals surface area (Å²) in [5.74, 6) is -2.71. The lowest BCUT2D eigenvalue weighted by atomic mass is 9.83. The normalized spacial score (nSPS) is 21.3. The number of pyridine rings is 1. The third-order valence-electron chi connectivity index (χ3n) is 10.7. The smallest absolute Gasteiger partial charge is 0.318 e. The number of nitrogens with one attached hydrogen (secondary N) is 1. The van der Waals surface area contributed by atoms with Crippen LogP contribution in [0.25, 0.3) is 0 Å². The zero-order valence-corrected chi connectivity index (χ0v) is 31.1. The number of amides is 3. The van der Waals surface area contributed by atoms with Crippen molar-refractivity contribution in [2.45, 2.75) is 42.3 Å². The Morgan fingerprint density at radius 2 is 1.70 bits per heavy atom. The number of piperidine rings is 1. The number of carbonyl (C=O) groups is 2. The van der Waals surface area contributed by atoms with E-state index in [1.165, 1.54) is 50.7 Å². The number of hydrogen-bond acceptors (Lipinski definition) is 12. The number of benzene rings is 2. The van der Waals surface area contributed by atoms with E-state index in [0.717, 1.165) is 45.2 Å². The van der Waals surface area contributed by atoms with Gasteiger partial charge in [0.25, 0.3) is 15.9 Å². The van der Waals surface area contributed by atoms with Crippen molar-refractivity contribution in [3.63, 3.8) is 0 Å². The number of anilines is 1. The molecule has 1 N–H and O–H groups in total. The number of aromatic nitrogens is 1. The minimum absolute atomic E-state index is 0.00682. The molecule has 4 aliphatic heterocycles. The van der Waals surface area contributed by atoms with Crippen LogP contribution in [-0.4, -0.2) is 125 Å². The number of sulfonamides is 1. The van der Waals surface area contributed by atoms with Crippen molar-refractivity contribution in [1.82, 2.24) is 25.0 Å². The number of hydrogen-bond donors (Lipinski definition) is 1. The van der Waals surface area contributed by atoms with Crippen LogP contribution in [0.2, 0.25) is 0 Å². The highest BCUT2D eigenvalue weighted by atomic mass is 32.2. The first-order chi connectivity index (χ1) is 26.1. The SMILES string of the molecule is CCOc1ncccc1C1(NC(=O)N2CCN(C3CCN(C4COC4)CC3)CC2)C(=O)N(S(=O)(=O)c2cc(F)c(OC)cc2OC)c2ccc(C#N)cc21. The minimum atomic E-state index is -4.97. The van der Waals surface area contributed by atoms with Crippen LogP contribution >= 0.6 is 0 Å². The molecule has 286 valence electrons. The van der Waals surface area contributed by atoms with E-state index in [1.807, 2.05) is 6.07 Å². The molecule has 15 nitrogen and oxygen atoms in total. The highest BCUT2D eigenvalue weighted by Crippen LogP contribution is 2.50. The second-order valence-corrected chi connectivity index (χ2v) is 15.3. The van der Waals surface area contributed by atoms with Crippen molar-refractivity contribution in [3.8, 4) is 23.4 Å². The van der Waals surface area contributed by atoms with E-state index in [-0.39, 0.29) is 46.4 Å². The summed E-state index contributed by atoms with van der Waals surface area (Å²) >= 11 is 0. The molecule has 2 aromatic carbocycles. The molecule has 1 unspecified atom stereocenters. The summed E-state index contributed by atoms with van der Waals surface area (Å²) in [7, 11) is -2.55. The minimum Gasteiger partial charge on any atom is -0.495 e. The fraction of sp³-hybridized carbons (Fsp3) is 0.459. The van der Waals surface area contributed by atoms with Gasteiger partial charge in [-0.3, -0.25) is 14.6 Å². The van der Waals surface area contributed by atoms with E-state index in [0.29, 0.717) is 48.6 Å². The largest absolute Gasteiger partial charge is 0.495 e. The number of nitrogens with zero attached hydrogens (tertiary/aromatic N) is 6. The Balaban J connectivity index is 1.26. The van der Waals surface area contributed by atoms with Gasteiger partial charge in [-0.15, -0.1) is 0 Å². The van der Waals surface area contributed by atoms with Crippen LogP contribution in [0.15, 0.2) is 53.6 Å². The number of ether oxygens (including phenoxy) is 4. The van der Waals surface area contributed by atoms with E-state index in [9.17, 15) is 18.5 Å². The van der Waals surface area contributed by atoms with Crippen LogP contribution in [0.1, 0.15) is 36.5 Å². The predicted molar refractivity (Wildman–Crippen MR) is 192 cm³/mol. The molecule has 0 aliphatic carbocycles. The van der Waals surface area contributed by atoms with Gasteiger partial charge in [-0.25, -0.2) is 22.6 Å². The van der Waals surface area contributed by atoms with E-state index in [1.54, 1.807) is 11.8 Å². The zero-order chi connectivity index (χ0) is 38.2. The fourth-order valence-electron chi connectivity index (χ4n) is 7.79. The van der Waals surface area contributed by atoms with Gasteiger partial charge in [-0.2, -0.15) is 9.57 Å². The molecule has 7 rings (SSSR count). The summed E-state index contributed by atoms with van der Waals surface area (Å²) in [5.41, 5.74) is -2.27. The molecule has 1 atom stereocenters. The van der Waals surface area contributed by atoms with Crippen molar-refractivity contribution in [2.75, 3.05) is 77.6 Å². The van der Waals surface area contributed by atoms with Crippen LogP contribution < -0.4 is 23.8 Å². The highest BCUT2D eigenvalue weighted by molar-refractivity contribution is 7.93. The lowest BCUT2D eigenvalue weighted by Gasteiger charge is -2.46. The molecule has 3 saturated heterocycles. The Hall–Kier alpha value is -5.02. The number of nitriles is 1. The second-order valence-electron chi connectivity index (χ2n) is 13.5. The summed E-state index contributed by atoms with van der Waals surface area (Å²) in [6.45, 7) is 7.35. The first kappa shape index (κ1) is 37.3. The van der Waals surface area contributed by atoms with Crippen molar-refractivity contribution in [3.05, 3.63) is 71.2 Å². The van der Waals surface area contributed by atoms with Gasteiger partial charge in [0.1, 0.15) is 10.6 Å². The van der Waals surface area contributed by atoms with Gasteiger partial charge in [0.15, 0.2) is 17.1 Å². The Morgan fingerprint density at radius 1 is 1.00 bits per heavy atom. The number of urea groups is 1. The first-order valence-electron chi connectivity index (χ1n) is 17.8. The van der Waals surface area contributed by atoms with Gasteiger partial charge in [0.05, 0.1) is 63.0 Å². The molecule has 4 aliphatic rings. The highest BCUT2D eigenvalue weighted by Gasteiger charge is 2.59. The van der Waals surface area contributed by atoms with Crippen molar-refractivity contribution in [2.24, 2.45) is 0 Å². The fourth-order valence-corrected chi connectivity index (χ4v) is 9.41. The van der Waals surface area contributed by atoms with E-state index >= 15 is 9.18 Å². The number of methoxy groups -OCH3 is 2. The number of piperazine rings is 1. The maximum atomic E-state index is 15.2. The first-order valence-corrected chi connectivity index (χ1v) is 19.3. The van der Waals surface area contributed by atoms with Crippen molar-refractivity contribution >= 4 is 27.6 Å². The standard InChI is InChI=1S/C37H42FN7O8S/c1-4-53-34-27(6-5-11-40-34)37(41-36(47)44-16-14-43(15-17-44)25-9-12-42(13-10-25)26-22-52-23-26)28-18-24(21-39)7-8-30(28)45(35(37)46)54(48,49)33-19-29(38)31(50-2)20-32(33)51-3/h5-8,11,18-20,25-26H,4,9-10,12-17,22-23H2,1-3H3,(H,41,47). The van der Waals surface area contributed by atoms with Crippen LogP contribution in [0.5, 0.6) is 17.4 Å². The molecule has 0 saturated carbocycles. The summed E-state index contributed by atoms with van der Waals surface area (Å²) in [4.78, 5) is 39.8. The second kappa shape index (κ2) is 15.0. The maximum Gasteiger partial charge on any atom is 0.318 e. The molecule has 0 radical (unpaired) electrons. The van der Waals surface area contributed by atoms with Crippen LogP contribution in [0.3, 0.4) is 0 Å². The van der Waals surface area contributed by atoms with Crippen molar-refractivity contribution < 1.29 is 41.3 Å². The summed E-state index contributed by atoms with van der Waals surface area (Å²) in [5, 5.41) is 12.9. The predicted octanol–water partition coefficient (Wildman–Crippen LogP) is 2.68. The molecule has 0 bridgehead atoms. The molecular weight excluding hydrogens is 722 g/mol. The average Bonchev–Trinajstić information content (AvgIpc) is 3.41. The van der Waals surface area contributed by atoms with Crippen molar-refractivity contribution in [1.29, 1.82) is 5.26 Å². The van der Waals surface area contributed by atoms with Gasteiger partial charge >= 0.3 is 6.03 Å². The number of rotatable bonds is 10. The third-order valence-corrected chi connectivity index (χ3v) is 12.4. The quantitative estimate of drug-likeness (QED) is 0.321.